The zero-order valence-corrected chi connectivity index (χ0v) is 15.7. The van der Waals surface area contributed by atoms with Crippen LogP contribution in [-0.2, 0) is 16.0 Å². The maximum absolute atomic E-state index is 12.7. The van der Waals surface area contributed by atoms with Gasteiger partial charge in [-0.1, -0.05) is 43.2 Å². The van der Waals surface area contributed by atoms with Crippen LogP contribution < -0.4 is 5.32 Å². The van der Waals surface area contributed by atoms with E-state index in [1.807, 2.05) is 11.0 Å². The molecule has 0 aliphatic carbocycles. The first-order chi connectivity index (χ1) is 12.7. The lowest BCUT2D eigenvalue weighted by molar-refractivity contribution is -0.138. The first-order valence-corrected chi connectivity index (χ1v) is 10.1. The zero-order valence-electron chi connectivity index (χ0n) is 15.7. The van der Waals surface area contributed by atoms with Crippen molar-refractivity contribution in [1.82, 2.24) is 15.1 Å². The summed E-state index contributed by atoms with van der Waals surface area (Å²) in [6.45, 7) is 4.07. The SMILES string of the molecule is O=C1NCCN(CCCc2ccccc2)C1CC(=O)N1CCCCCC1. The van der Waals surface area contributed by atoms with Gasteiger partial charge in [0.2, 0.25) is 11.8 Å². The van der Waals surface area contributed by atoms with E-state index in [0.29, 0.717) is 13.0 Å². The molecule has 1 N–H and O–H groups in total. The van der Waals surface area contributed by atoms with Crippen molar-refractivity contribution < 1.29 is 9.59 Å². The van der Waals surface area contributed by atoms with Crippen molar-refractivity contribution >= 4 is 11.8 Å². The van der Waals surface area contributed by atoms with Crippen molar-refractivity contribution in [2.75, 3.05) is 32.7 Å². The fourth-order valence-corrected chi connectivity index (χ4v) is 4.00. The molecule has 0 radical (unpaired) electrons. The number of carbonyl (C=O) groups is 2. The molecule has 2 heterocycles. The highest BCUT2D eigenvalue weighted by Gasteiger charge is 2.32. The van der Waals surface area contributed by atoms with Gasteiger partial charge in [-0.15, -0.1) is 0 Å². The van der Waals surface area contributed by atoms with Crippen LogP contribution in [0.4, 0.5) is 0 Å². The van der Waals surface area contributed by atoms with Gasteiger partial charge in [0.15, 0.2) is 0 Å². The molecule has 5 heteroatoms. The summed E-state index contributed by atoms with van der Waals surface area (Å²) in [7, 11) is 0. The minimum absolute atomic E-state index is 0.0131. The van der Waals surface area contributed by atoms with Gasteiger partial charge < -0.3 is 10.2 Å². The Kier molecular flexibility index (Phi) is 7.06. The van der Waals surface area contributed by atoms with Crippen LogP contribution in [0.15, 0.2) is 30.3 Å². The number of benzene rings is 1. The number of hydrogen-bond acceptors (Lipinski definition) is 3. The molecular weight excluding hydrogens is 326 g/mol. The number of rotatable bonds is 6. The third-order valence-corrected chi connectivity index (χ3v) is 5.52. The lowest BCUT2D eigenvalue weighted by Gasteiger charge is -2.35. The fraction of sp³-hybridized carbons (Fsp3) is 0.619. The van der Waals surface area contributed by atoms with E-state index in [0.717, 1.165) is 51.9 Å². The minimum atomic E-state index is -0.310. The maximum Gasteiger partial charge on any atom is 0.237 e. The first kappa shape index (κ1) is 18.9. The van der Waals surface area contributed by atoms with E-state index in [2.05, 4.69) is 34.5 Å². The van der Waals surface area contributed by atoms with Gasteiger partial charge in [-0.05, 0) is 37.8 Å². The highest BCUT2D eigenvalue weighted by molar-refractivity contribution is 5.88. The van der Waals surface area contributed by atoms with Gasteiger partial charge in [0.1, 0.15) is 0 Å². The van der Waals surface area contributed by atoms with Gasteiger partial charge in [-0.25, -0.2) is 0 Å². The summed E-state index contributed by atoms with van der Waals surface area (Å²) in [6.07, 6.45) is 6.92. The van der Waals surface area contributed by atoms with Crippen LogP contribution in [0.1, 0.15) is 44.1 Å². The van der Waals surface area contributed by atoms with Gasteiger partial charge in [-0.3, -0.25) is 14.5 Å². The summed E-state index contributed by atoms with van der Waals surface area (Å²) < 4.78 is 0. The van der Waals surface area contributed by atoms with E-state index in [1.54, 1.807) is 0 Å². The molecule has 2 aliphatic heterocycles. The van der Waals surface area contributed by atoms with Crippen molar-refractivity contribution in [2.24, 2.45) is 0 Å². The van der Waals surface area contributed by atoms with Crippen LogP contribution in [0.25, 0.3) is 0 Å². The van der Waals surface area contributed by atoms with E-state index in [-0.39, 0.29) is 17.9 Å². The molecular formula is C21H31N3O2. The molecule has 1 aromatic carbocycles. The van der Waals surface area contributed by atoms with Crippen LogP contribution >= 0.6 is 0 Å². The van der Waals surface area contributed by atoms with Gasteiger partial charge in [0.05, 0.1) is 12.5 Å². The van der Waals surface area contributed by atoms with Crippen LogP contribution in [0.5, 0.6) is 0 Å². The molecule has 5 nitrogen and oxygen atoms in total. The van der Waals surface area contributed by atoms with E-state index >= 15 is 0 Å². The first-order valence-electron chi connectivity index (χ1n) is 10.1. The molecule has 2 amide bonds. The summed E-state index contributed by atoms with van der Waals surface area (Å²) in [4.78, 5) is 29.3. The highest BCUT2D eigenvalue weighted by Crippen LogP contribution is 2.16. The van der Waals surface area contributed by atoms with Gasteiger partial charge in [-0.2, -0.15) is 0 Å². The van der Waals surface area contributed by atoms with E-state index in [9.17, 15) is 9.59 Å². The van der Waals surface area contributed by atoms with Crippen molar-refractivity contribution in [2.45, 2.75) is 51.0 Å². The van der Waals surface area contributed by atoms with Gasteiger partial charge in [0.25, 0.3) is 0 Å². The summed E-state index contributed by atoms with van der Waals surface area (Å²) >= 11 is 0. The summed E-state index contributed by atoms with van der Waals surface area (Å²) in [5.74, 6) is 0.154. The third kappa shape index (κ3) is 5.31. The second-order valence-corrected chi connectivity index (χ2v) is 7.43. The summed E-state index contributed by atoms with van der Waals surface area (Å²) in [5.41, 5.74) is 1.33. The number of nitrogens with zero attached hydrogens (tertiary/aromatic N) is 2. The number of piperazine rings is 1. The largest absolute Gasteiger partial charge is 0.353 e. The Morgan fingerprint density at radius 3 is 2.50 bits per heavy atom. The third-order valence-electron chi connectivity index (χ3n) is 5.52. The van der Waals surface area contributed by atoms with Gasteiger partial charge in [0, 0.05) is 26.2 Å². The summed E-state index contributed by atoms with van der Waals surface area (Å²) in [5, 5.41) is 2.94. The molecule has 2 saturated heterocycles. The number of amides is 2. The molecule has 0 spiro atoms. The zero-order chi connectivity index (χ0) is 18.2. The normalized spacial score (nSPS) is 21.9. The smallest absolute Gasteiger partial charge is 0.237 e. The number of nitrogens with one attached hydrogen (secondary N) is 1. The Balaban J connectivity index is 1.53. The van der Waals surface area contributed by atoms with Crippen molar-refractivity contribution in [3.05, 3.63) is 35.9 Å². The predicted molar refractivity (Wildman–Crippen MR) is 103 cm³/mol. The number of hydrogen-bond donors (Lipinski definition) is 1. The molecule has 26 heavy (non-hydrogen) atoms. The number of likely N-dealkylation sites (tertiary alicyclic amines) is 1. The number of aryl methyl sites for hydroxylation is 1. The maximum atomic E-state index is 12.7. The Morgan fingerprint density at radius 2 is 1.77 bits per heavy atom. The molecule has 1 unspecified atom stereocenters. The molecule has 142 valence electrons. The fourth-order valence-electron chi connectivity index (χ4n) is 4.00. The molecule has 2 fully saturated rings. The summed E-state index contributed by atoms with van der Waals surface area (Å²) in [6, 6.07) is 10.1. The molecule has 0 aromatic heterocycles. The average Bonchev–Trinajstić information content (AvgIpc) is 2.95. The molecule has 0 saturated carbocycles. The molecule has 3 rings (SSSR count). The number of carbonyl (C=O) groups excluding carboxylic acids is 2. The lowest BCUT2D eigenvalue weighted by atomic mass is 10.1. The van der Waals surface area contributed by atoms with Crippen LogP contribution in [0.3, 0.4) is 0 Å². The van der Waals surface area contributed by atoms with E-state index < -0.39 is 0 Å². The molecule has 2 aliphatic rings. The second-order valence-electron chi connectivity index (χ2n) is 7.43. The van der Waals surface area contributed by atoms with Gasteiger partial charge >= 0.3 is 0 Å². The van der Waals surface area contributed by atoms with E-state index in [1.165, 1.54) is 18.4 Å². The lowest BCUT2D eigenvalue weighted by Crippen LogP contribution is -2.56. The van der Waals surface area contributed by atoms with Crippen LogP contribution in [0.2, 0.25) is 0 Å². The minimum Gasteiger partial charge on any atom is -0.353 e. The standard InChI is InChI=1S/C21H31N3O2/c25-20(24-13-6-1-2-7-14-24)17-19-21(26)22-12-16-23(19)15-8-11-18-9-4-3-5-10-18/h3-5,9-10,19H,1-2,6-8,11-17H2,(H,22,26). The predicted octanol–water partition coefficient (Wildman–Crippen LogP) is 2.21. The quantitative estimate of drug-likeness (QED) is 0.849. The molecule has 0 bridgehead atoms. The Hall–Kier alpha value is -1.88. The Labute approximate surface area is 156 Å². The highest BCUT2D eigenvalue weighted by atomic mass is 16.2. The van der Waals surface area contributed by atoms with Crippen LogP contribution in [-0.4, -0.2) is 60.4 Å². The van der Waals surface area contributed by atoms with Crippen molar-refractivity contribution in [1.29, 1.82) is 0 Å². The molecule has 1 atom stereocenters. The monoisotopic (exact) mass is 357 g/mol. The van der Waals surface area contributed by atoms with Crippen molar-refractivity contribution in [3.8, 4) is 0 Å². The molecule has 1 aromatic rings. The topological polar surface area (TPSA) is 52.7 Å². The second kappa shape index (κ2) is 9.72. The van der Waals surface area contributed by atoms with Crippen molar-refractivity contribution in [3.63, 3.8) is 0 Å². The Morgan fingerprint density at radius 1 is 1.04 bits per heavy atom. The van der Waals surface area contributed by atoms with Crippen LogP contribution in [0, 0.1) is 0 Å². The Bertz CT molecular complexity index is 582. The average molecular weight is 357 g/mol. The van der Waals surface area contributed by atoms with E-state index in [4.69, 9.17) is 0 Å².